The molecule has 1 aromatic rings. The maximum Gasteiger partial charge on any atom is 0.251 e. The summed E-state index contributed by atoms with van der Waals surface area (Å²) in [6.07, 6.45) is -0.0293. The van der Waals surface area contributed by atoms with Crippen LogP contribution in [0.15, 0.2) is 23.2 Å². The summed E-state index contributed by atoms with van der Waals surface area (Å²) in [6, 6.07) is 4.59. The molecule has 0 aliphatic carbocycles. The van der Waals surface area contributed by atoms with Gasteiger partial charge in [-0.2, -0.15) is 0 Å². The molecule has 0 unspecified atom stereocenters. The number of aliphatic imine (C=N–C) groups is 1. The molecule has 1 aliphatic rings. The van der Waals surface area contributed by atoms with Crippen LogP contribution in [-0.4, -0.2) is 56.6 Å². The SMILES string of the molecule is CN=C(NCCc1ccc(F)cc1Cl)NC1CCN(CC(F)F)CC1. The Morgan fingerprint density at radius 2 is 2.08 bits per heavy atom. The van der Waals surface area contributed by atoms with Crippen LogP contribution in [0.2, 0.25) is 5.02 Å². The minimum Gasteiger partial charge on any atom is -0.356 e. The van der Waals surface area contributed by atoms with Gasteiger partial charge in [0.1, 0.15) is 5.82 Å². The lowest BCUT2D eigenvalue weighted by Gasteiger charge is -2.32. The number of nitrogens with one attached hydrogen (secondary N) is 2. The second-order valence-electron chi connectivity index (χ2n) is 6.10. The summed E-state index contributed by atoms with van der Waals surface area (Å²) in [4.78, 5) is 5.97. The van der Waals surface area contributed by atoms with Crippen molar-refractivity contribution in [2.24, 2.45) is 4.99 Å². The highest BCUT2D eigenvalue weighted by Crippen LogP contribution is 2.17. The van der Waals surface area contributed by atoms with Gasteiger partial charge in [-0.05, 0) is 37.0 Å². The van der Waals surface area contributed by atoms with Gasteiger partial charge in [-0.25, -0.2) is 13.2 Å². The number of piperidine rings is 1. The number of hydrogen-bond donors (Lipinski definition) is 2. The van der Waals surface area contributed by atoms with E-state index in [0.717, 1.165) is 18.4 Å². The number of nitrogens with zero attached hydrogens (tertiary/aromatic N) is 2. The number of rotatable bonds is 6. The molecule has 0 aromatic heterocycles. The molecule has 4 nitrogen and oxygen atoms in total. The first kappa shape index (κ1) is 19.8. The molecule has 1 saturated heterocycles. The van der Waals surface area contributed by atoms with Crippen LogP contribution >= 0.6 is 11.6 Å². The van der Waals surface area contributed by atoms with Crippen LogP contribution in [0.3, 0.4) is 0 Å². The van der Waals surface area contributed by atoms with Crippen molar-refractivity contribution in [2.75, 3.05) is 33.2 Å². The zero-order valence-electron chi connectivity index (χ0n) is 14.2. The van der Waals surface area contributed by atoms with E-state index >= 15 is 0 Å². The van der Waals surface area contributed by atoms with Crippen LogP contribution in [0.1, 0.15) is 18.4 Å². The van der Waals surface area contributed by atoms with Gasteiger partial charge >= 0.3 is 0 Å². The van der Waals surface area contributed by atoms with Crippen molar-refractivity contribution >= 4 is 17.6 Å². The molecule has 1 aromatic carbocycles. The number of benzene rings is 1. The van der Waals surface area contributed by atoms with Gasteiger partial charge in [0, 0.05) is 37.7 Å². The topological polar surface area (TPSA) is 39.7 Å². The molecule has 0 spiro atoms. The van der Waals surface area contributed by atoms with Crippen LogP contribution in [0.4, 0.5) is 13.2 Å². The summed E-state index contributed by atoms with van der Waals surface area (Å²) in [5, 5.41) is 6.94. The molecule has 2 rings (SSSR count). The molecule has 2 N–H and O–H groups in total. The third-order valence-electron chi connectivity index (χ3n) is 4.25. The highest BCUT2D eigenvalue weighted by molar-refractivity contribution is 6.31. The predicted molar refractivity (Wildman–Crippen MR) is 95.1 cm³/mol. The normalized spacial score (nSPS) is 17.1. The van der Waals surface area contributed by atoms with Crippen molar-refractivity contribution in [3.8, 4) is 0 Å². The Balaban J connectivity index is 1.72. The third kappa shape index (κ3) is 6.74. The van der Waals surface area contributed by atoms with Crippen molar-refractivity contribution in [1.82, 2.24) is 15.5 Å². The fraction of sp³-hybridized carbons (Fsp3) is 0.588. The molecule has 0 saturated carbocycles. The standard InChI is InChI=1S/C17H24ClF3N4/c1-22-17(23-7-4-12-2-3-13(19)10-15(12)18)24-14-5-8-25(9-6-14)11-16(20)21/h2-3,10,14,16H,4-9,11H2,1H3,(H2,22,23,24). The van der Waals surface area contributed by atoms with Crippen LogP contribution in [0, 0.1) is 5.82 Å². The predicted octanol–water partition coefficient (Wildman–Crippen LogP) is 2.92. The highest BCUT2D eigenvalue weighted by Gasteiger charge is 2.21. The highest BCUT2D eigenvalue weighted by atomic mass is 35.5. The van der Waals surface area contributed by atoms with E-state index in [2.05, 4.69) is 15.6 Å². The summed E-state index contributed by atoms with van der Waals surface area (Å²) in [5.41, 5.74) is 0.867. The van der Waals surface area contributed by atoms with E-state index in [9.17, 15) is 13.2 Å². The Morgan fingerprint density at radius 3 is 2.68 bits per heavy atom. The van der Waals surface area contributed by atoms with E-state index in [-0.39, 0.29) is 18.4 Å². The van der Waals surface area contributed by atoms with Gasteiger partial charge in [-0.1, -0.05) is 17.7 Å². The molecule has 1 heterocycles. The Morgan fingerprint density at radius 1 is 1.36 bits per heavy atom. The lowest BCUT2D eigenvalue weighted by Crippen LogP contribution is -2.49. The molecule has 8 heteroatoms. The maximum atomic E-state index is 13.0. The van der Waals surface area contributed by atoms with Gasteiger partial charge < -0.3 is 10.6 Å². The summed E-state index contributed by atoms with van der Waals surface area (Å²) < 4.78 is 37.8. The van der Waals surface area contributed by atoms with Crippen LogP contribution < -0.4 is 10.6 Å². The second-order valence-corrected chi connectivity index (χ2v) is 6.50. The molecular weight excluding hydrogens is 353 g/mol. The fourth-order valence-electron chi connectivity index (χ4n) is 2.88. The average molecular weight is 377 g/mol. The lowest BCUT2D eigenvalue weighted by molar-refractivity contribution is 0.0744. The quantitative estimate of drug-likeness (QED) is 0.592. The third-order valence-corrected chi connectivity index (χ3v) is 4.60. The van der Waals surface area contributed by atoms with E-state index in [1.807, 2.05) is 0 Å². The molecule has 25 heavy (non-hydrogen) atoms. The summed E-state index contributed by atoms with van der Waals surface area (Å²) in [5.74, 6) is 0.322. The van der Waals surface area contributed by atoms with Crippen LogP contribution in [0.25, 0.3) is 0 Å². The number of guanidine groups is 1. The van der Waals surface area contributed by atoms with Crippen molar-refractivity contribution < 1.29 is 13.2 Å². The van der Waals surface area contributed by atoms with E-state index in [1.165, 1.54) is 12.1 Å². The lowest BCUT2D eigenvalue weighted by atomic mass is 10.1. The Hall–Kier alpha value is -1.47. The van der Waals surface area contributed by atoms with E-state index < -0.39 is 6.43 Å². The van der Waals surface area contributed by atoms with E-state index in [1.54, 1.807) is 18.0 Å². The molecule has 0 bridgehead atoms. The van der Waals surface area contributed by atoms with Crippen molar-refractivity contribution in [2.45, 2.75) is 31.7 Å². The number of hydrogen-bond acceptors (Lipinski definition) is 2. The van der Waals surface area contributed by atoms with Gasteiger partial charge in [-0.15, -0.1) is 0 Å². The summed E-state index contributed by atoms with van der Waals surface area (Å²) in [7, 11) is 1.69. The Labute approximate surface area is 151 Å². The first-order valence-corrected chi connectivity index (χ1v) is 8.77. The van der Waals surface area contributed by atoms with Gasteiger partial charge in [0.2, 0.25) is 0 Å². The molecule has 1 fully saturated rings. The number of alkyl halides is 2. The number of likely N-dealkylation sites (tertiary alicyclic amines) is 1. The average Bonchev–Trinajstić information content (AvgIpc) is 2.57. The molecule has 140 valence electrons. The first-order valence-electron chi connectivity index (χ1n) is 8.39. The zero-order chi connectivity index (χ0) is 18.2. The van der Waals surface area contributed by atoms with Crippen molar-refractivity contribution in [1.29, 1.82) is 0 Å². The van der Waals surface area contributed by atoms with Crippen molar-refractivity contribution in [3.63, 3.8) is 0 Å². The monoisotopic (exact) mass is 376 g/mol. The van der Waals surface area contributed by atoms with Gasteiger partial charge in [-0.3, -0.25) is 9.89 Å². The molecule has 0 atom stereocenters. The Bertz CT molecular complexity index is 575. The van der Waals surface area contributed by atoms with Crippen LogP contribution in [-0.2, 0) is 6.42 Å². The smallest absolute Gasteiger partial charge is 0.251 e. The molecule has 0 radical (unpaired) electrons. The van der Waals surface area contributed by atoms with Gasteiger partial charge in [0.05, 0.1) is 6.54 Å². The minimum absolute atomic E-state index is 0.155. The van der Waals surface area contributed by atoms with Crippen molar-refractivity contribution in [3.05, 3.63) is 34.6 Å². The largest absolute Gasteiger partial charge is 0.356 e. The molecule has 0 amide bonds. The summed E-state index contributed by atoms with van der Waals surface area (Å²) in [6.45, 7) is 1.77. The fourth-order valence-corrected chi connectivity index (χ4v) is 3.14. The number of halogens is 4. The molecule has 1 aliphatic heterocycles. The summed E-state index contributed by atoms with van der Waals surface area (Å²) >= 11 is 6.01. The minimum atomic E-state index is -2.28. The maximum absolute atomic E-state index is 13.0. The van der Waals surface area contributed by atoms with Crippen LogP contribution in [0.5, 0.6) is 0 Å². The van der Waals surface area contributed by atoms with Gasteiger partial charge in [0.15, 0.2) is 5.96 Å². The van der Waals surface area contributed by atoms with E-state index in [0.29, 0.717) is 37.0 Å². The van der Waals surface area contributed by atoms with E-state index in [4.69, 9.17) is 11.6 Å². The Kier molecular flexibility index (Phi) is 7.84. The zero-order valence-corrected chi connectivity index (χ0v) is 15.0. The first-order chi connectivity index (χ1) is 12.0. The second kappa shape index (κ2) is 9.87. The van der Waals surface area contributed by atoms with Gasteiger partial charge in [0.25, 0.3) is 6.43 Å². The molecular formula is C17H24ClF3N4.